The van der Waals surface area contributed by atoms with Crippen LogP contribution in [0.5, 0.6) is 0 Å². The Bertz CT molecular complexity index is 959. The molecule has 2 heterocycles. The number of rotatable bonds is 5. The van der Waals surface area contributed by atoms with E-state index < -0.39 is 18.0 Å². The number of aromatic nitrogens is 2. The molecular formula is C19H22N2O5S. The van der Waals surface area contributed by atoms with Gasteiger partial charge in [0.2, 0.25) is 0 Å². The van der Waals surface area contributed by atoms with Crippen molar-refractivity contribution in [3.8, 4) is 0 Å². The lowest BCUT2D eigenvalue weighted by molar-refractivity contribution is -0.144. The van der Waals surface area contributed by atoms with Gasteiger partial charge in [-0.3, -0.25) is 4.79 Å². The van der Waals surface area contributed by atoms with E-state index in [9.17, 15) is 14.4 Å². The maximum Gasteiger partial charge on any atom is 0.331 e. The summed E-state index contributed by atoms with van der Waals surface area (Å²) >= 11 is 1.54. The molecule has 0 bridgehead atoms. The molecular weight excluding hydrogens is 368 g/mol. The van der Waals surface area contributed by atoms with E-state index in [0.29, 0.717) is 16.1 Å². The van der Waals surface area contributed by atoms with Crippen LogP contribution in [0, 0.1) is 5.92 Å². The summed E-state index contributed by atoms with van der Waals surface area (Å²) in [6, 6.07) is 0. The first kappa shape index (κ1) is 19.3. The third kappa shape index (κ3) is 4.27. The van der Waals surface area contributed by atoms with Crippen LogP contribution in [-0.4, -0.2) is 28.5 Å². The van der Waals surface area contributed by atoms with E-state index in [4.69, 9.17) is 9.47 Å². The van der Waals surface area contributed by atoms with Crippen molar-refractivity contribution in [2.45, 2.75) is 46.1 Å². The van der Waals surface area contributed by atoms with E-state index in [1.165, 1.54) is 4.88 Å². The molecule has 0 spiro atoms. The Labute approximate surface area is 160 Å². The molecule has 1 aliphatic rings. The first-order valence-corrected chi connectivity index (χ1v) is 9.80. The minimum absolute atomic E-state index is 0.202. The fourth-order valence-electron chi connectivity index (χ4n) is 3.15. The van der Waals surface area contributed by atoms with Gasteiger partial charge in [-0.2, -0.15) is 0 Å². The van der Waals surface area contributed by atoms with Gasteiger partial charge in [-0.15, -0.1) is 11.3 Å². The van der Waals surface area contributed by atoms with Gasteiger partial charge in [-0.05, 0) is 44.6 Å². The largest absolute Gasteiger partial charge is 0.463 e. The lowest BCUT2D eigenvalue weighted by atomic mass is 9.89. The van der Waals surface area contributed by atoms with Crippen LogP contribution < -0.4 is 5.56 Å². The van der Waals surface area contributed by atoms with Crippen LogP contribution >= 0.6 is 11.3 Å². The Hall–Kier alpha value is -2.48. The monoisotopic (exact) mass is 390 g/mol. The quantitative estimate of drug-likeness (QED) is 0.623. The van der Waals surface area contributed by atoms with E-state index in [2.05, 4.69) is 16.9 Å². The Kier molecular flexibility index (Phi) is 5.74. The summed E-state index contributed by atoms with van der Waals surface area (Å²) in [6.45, 7) is 5.73. The average Bonchev–Trinajstić information content (AvgIpc) is 2.97. The van der Waals surface area contributed by atoms with Crippen LogP contribution in [-0.2, 0) is 31.9 Å². The molecule has 3 rings (SSSR count). The van der Waals surface area contributed by atoms with E-state index in [0.717, 1.165) is 37.0 Å². The number of aryl methyl sites for hydroxylation is 1. The maximum absolute atomic E-state index is 12.6. The number of nitrogens with zero attached hydrogens (tertiary/aromatic N) is 1. The predicted octanol–water partition coefficient (Wildman–Crippen LogP) is 2.83. The van der Waals surface area contributed by atoms with Crippen LogP contribution in [0.1, 0.15) is 49.6 Å². The number of aromatic amines is 1. The summed E-state index contributed by atoms with van der Waals surface area (Å²) in [4.78, 5) is 44.8. The number of esters is 2. The Morgan fingerprint density at radius 1 is 1.37 bits per heavy atom. The molecule has 1 aliphatic carbocycles. The molecule has 0 saturated heterocycles. The second-order valence-corrected chi connectivity index (χ2v) is 7.73. The Morgan fingerprint density at radius 2 is 2.11 bits per heavy atom. The van der Waals surface area contributed by atoms with Gasteiger partial charge in [0.15, 0.2) is 11.9 Å². The van der Waals surface area contributed by atoms with Crippen molar-refractivity contribution in [1.29, 1.82) is 0 Å². The fourth-order valence-corrected chi connectivity index (χ4v) is 4.54. The van der Waals surface area contributed by atoms with E-state index in [-0.39, 0.29) is 18.0 Å². The predicted molar refractivity (Wildman–Crippen MR) is 102 cm³/mol. The van der Waals surface area contributed by atoms with Crippen molar-refractivity contribution in [2.75, 3.05) is 6.61 Å². The standard InChI is InChI=1S/C19H22N2O5S/c1-4-25-14(22)7-8-15(23)26-11(3)17-20-18(24)16-12-6-5-10(2)9-13(12)27-19(16)21-17/h7-8,10-11H,4-6,9H2,1-3H3,(H,20,21,24)/b8-7+/t10-,11+/m0/s1. The van der Waals surface area contributed by atoms with Gasteiger partial charge >= 0.3 is 11.9 Å². The highest BCUT2D eigenvalue weighted by molar-refractivity contribution is 7.18. The molecule has 0 aliphatic heterocycles. The highest BCUT2D eigenvalue weighted by Crippen LogP contribution is 2.35. The van der Waals surface area contributed by atoms with Crippen molar-refractivity contribution in [3.63, 3.8) is 0 Å². The van der Waals surface area contributed by atoms with Crippen LogP contribution in [0.3, 0.4) is 0 Å². The van der Waals surface area contributed by atoms with Crippen LogP contribution in [0.15, 0.2) is 16.9 Å². The smallest absolute Gasteiger partial charge is 0.331 e. The minimum Gasteiger partial charge on any atom is -0.463 e. The summed E-state index contributed by atoms with van der Waals surface area (Å²) in [5.41, 5.74) is 0.905. The summed E-state index contributed by atoms with van der Waals surface area (Å²) < 4.78 is 9.93. The van der Waals surface area contributed by atoms with Gasteiger partial charge in [0.25, 0.3) is 5.56 Å². The van der Waals surface area contributed by atoms with Crippen molar-refractivity contribution < 1.29 is 19.1 Å². The molecule has 0 unspecified atom stereocenters. The number of carbonyl (C=O) groups is 2. The van der Waals surface area contributed by atoms with Crippen molar-refractivity contribution in [3.05, 3.63) is 38.8 Å². The highest BCUT2D eigenvalue weighted by Gasteiger charge is 2.24. The van der Waals surface area contributed by atoms with E-state index >= 15 is 0 Å². The summed E-state index contributed by atoms with van der Waals surface area (Å²) in [5.74, 6) is -0.432. The number of hydrogen-bond donors (Lipinski definition) is 1. The molecule has 2 aromatic heterocycles. The van der Waals surface area contributed by atoms with Crippen molar-refractivity contribution >= 4 is 33.5 Å². The molecule has 27 heavy (non-hydrogen) atoms. The zero-order valence-corrected chi connectivity index (χ0v) is 16.4. The van der Waals surface area contributed by atoms with Crippen LogP contribution in [0.2, 0.25) is 0 Å². The molecule has 2 aromatic rings. The molecule has 0 saturated carbocycles. The number of thiophene rings is 1. The number of fused-ring (bicyclic) bond motifs is 3. The number of carbonyl (C=O) groups excluding carboxylic acids is 2. The van der Waals surface area contributed by atoms with Crippen molar-refractivity contribution in [1.82, 2.24) is 9.97 Å². The molecule has 8 heteroatoms. The second kappa shape index (κ2) is 8.04. The normalized spacial score (nSPS) is 17.7. The molecule has 2 atom stereocenters. The minimum atomic E-state index is -0.750. The number of H-pyrrole nitrogens is 1. The van der Waals surface area contributed by atoms with E-state index in [1.807, 2.05) is 0 Å². The lowest BCUT2D eigenvalue weighted by Crippen LogP contribution is -2.17. The second-order valence-electron chi connectivity index (χ2n) is 6.65. The first-order chi connectivity index (χ1) is 12.9. The average molecular weight is 390 g/mol. The van der Waals surface area contributed by atoms with Gasteiger partial charge in [-0.1, -0.05) is 6.92 Å². The third-order valence-electron chi connectivity index (χ3n) is 4.50. The zero-order chi connectivity index (χ0) is 19.6. The SMILES string of the molecule is CCOC(=O)/C=C/C(=O)O[C@H](C)c1nc2sc3c(c2c(=O)[nH]1)CC[C@H](C)C3. The van der Waals surface area contributed by atoms with Crippen LogP contribution in [0.25, 0.3) is 10.2 Å². The van der Waals surface area contributed by atoms with Crippen molar-refractivity contribution in [2.24, 2.45) is 5.92 Å². The molecule has 0 amide bonds. The summed E-state index contributed by atoms with van der Waals surface area (Å²) in [5, 5.41) is 0.659. The van der Waals surface area contributed by atoms with Gasteiger partial charge in [-0.25, -0.2) is 14.6 Å². The van der Waals surface area contributed by atoms with Crippen LogP contribution in [0.4, 0.5) is 0 Å². The summed E-state index contributed by atoms with van der Waals surface area (Å²) in [6.07, 6.45) is 4.18. The van der Waals surface area contributed by atoms with E-state index in [1.54, 1.807) is 25.2 Å². The van der Waals surface area contributed by atoms with Gasteiger partial charge < -0.3 is 14.5 Å². The fraction of sp³-hybridized carbons (Fsp3) is 0.474. The number of hydrogen-bond acceptors (Lipinski definition) is 7. The summed E-state index contributed by atoms with van der Waals surface area (Å²) in [7, 11) is 0. The molecule has 0 fully saturated rings. The van der Waals surface area contributed by atoms with Gasteiger partial charge in [0.05, 0.1) is 12.0 Å². The molecule has 144 valence electrons. The molecule has 0 radical (unpaired) electrons. The van der Waals surface area contributed by atoms with Gasteiger partial charge in [0.1, 0.15) is 4.83 Å². The number of ether oxygens (including phenoxy) is 2. The molecule has 0 aromatic carbocycles. The third-order valence-corrected chi connectivity index (χ3v) is 5.65. The topological polar surface area (TPSA) is 98.3 Å². The van der Waals surface area contributed by atoms with Gasteiger partial charge in [0, 0.05) is 17.0 Å². The number of nitrogens with one attached hydrogen (secondary N) is 1. The molecule has 7 nitrogen and oxygen atoms in total. The Morgan fingerprint density at radius 3 is 2.85 bits per heavy atom. The Balaban J connectivity index is 1.79. The highest BCUT2D eigenvalue weighted by atomic mass is 32.1. The molecule has 1 N–H and O–H groups in total. The maximum atomic E-state index is 12.6. The first-order valence-electron chi connectivity index (χ1n) is 8.99. The zero-order valence-electron chi connectivity index (χ0n) is 15.5. The lowest BCUT2D eigenvalue weighted by Gasteiger charge is -2.17.